The predicted molar refractivity (Wildman–Crippen MR) is 91.0 cm³/mol. The number of methoxy groups -OCH3 is 1. The fourth-order valence-electron chi connectivity index (χ4n) is 2.49. The van der Waals surface area contributed by atoms with Gasteiger partial charge >= 0.3 is 0 Å². The minimum Gasteiger partial charge on any atom is -0.383 e. The van der Waals surface area contributed by atoms with Gasteiger partial charge in [-0.3, -0.25) is 9.69 Å². The van der Waals surface area contributed by atoms with Crippen molar-refractivity contribution in [3.05, 3.63) is 17.6 Å². The normalized spacial score (nSPS) is 18.4. The van der Waals surface area contributed by atoms with E-state index in [0.717, 1.165) is 18.1 Å². The molecule has 0 radical (unpaired) electrons. The van der Waals surface area contributed by atoms with Crippen molar-refractivity contribution in [1.82, 2.24) is 19.8 Å². The quantitative estimate of drug-likeness (QED) is 0.717. The maximum absolute atomic E-state index is 11.9. The average Bonchev–Trinajstić information content (AvgIpc) is 2.55. The molecule has 0 unspecified atom stereocenters. The van der Waals surface area contributed by atoms with Crippen LogP contribution in [0.15, 0.2) is 6.07 Å². The van der Waals surface area contributed by atoms with Gasteiger partial charge in [0.2, 0.25) is 5.91 Å². The zero-order chi connectivity index (χ0) is 17.5. The molecule has 0 spiro atoms. The second-order valence-corrected chi connectivity index (χ2v) is 6.03. The minimum absolute atomic E-state index is 0.0939. The summed E-state index contributed by atoms with van der Waals surface area (Å²) in [6.07, 6.45) is -0.154. The smallest absolute Gasteiger partial charge is 0.236 e. The molecule has 1 aromatic rings. The Bertz CT molecular complexity index is 553. The molecule has 24 heavy (non-hydrogen) atoms. The fraction of sp³-hybridized carbons (Fsp3) is 0.688. The lowest BCUT2D eigenvalue weighted by atomic mass is 10.2. The molecule has 1 aromatic heterocycles. The van der Waals surface area contributed by atoms with E-state index in [-0.39, 0.29) is 12.0 Å². The first-order chi connectivity index (χ1) is 11.5. The van der Waals surface area contributed by atoms with Crippen molar-refractivity contribution in [2.75, 3.05) is 65.9 Å². The molecule has 1 aliphatic rings. The summed E-state index contributed by atoms with van der Waals surface area (Å²) >= 11 is 0. The van der Waals surface area contributed by atoms with Crippen molar-refractivity contribution >= 4 is 11.7 Å². The van der Waals surface area contributed by atoms with Crippen LogP contribution >= 0.6 is 0 Å². The Labute approximate surface area is 143 Å². The molecular formula is C16H27N5O3. The number of aromatic nitrogens is 2. The molecule has 8 nitrogen and oxygen atoms in total. The number of hydrogen-bond acceptors (Lipinski definition) is 7. The van der Waals surface area contributed by atoms with E-state index < -0.39 is 0 Å². The molecule has 8 heteroatoms. The third kappa shape index (κ3) is 5.40. The van der Waals surface area contributed by atoms with Crippen molar-refractivity contribution in [2.24, 2.45) is 0 Å². The summed E-state index contributed by atoms with van der Waals surface area (Å²) in [4.78, 5) is 24.5. The second kappa shape index (κ2) is 8.91. The summed E-state index contributed by atoms with van der Waals surface area (Å²) in [7, 11) is 5.20. The molecule has 0 aliphatic carbocycles. The highest BCUT2D eigenvalue weighted by molar-refractivity contribution is 5.77. The Hall–Kier alpha value is -1.77. The summed E-state index contributed by atoms with van der Waals surface area (Å²) in [6, 6.07) is 1.91. The number of nitrogens with one attached hydrogen (secondary N) is 1. The Balaban J connectivity index is 2.02. The van der Waals surface area contributed by atoms with E-state index >= 15 is 0 Å². The number of rotatable bonds is 7. The van der Waals surface area contributed by atoms with Gasteiger partial charge in [-0.15, -0.1) is 0 Å². The number of likely N-dealkylation sites (N-methyl/N-ethyl adjacent to an activating group) is 1. The number of anilines is 1. The van der Waals surface area contributed by atoms with E-state index in [9.17, 15) is 4.79 Å². The number of carbonyl (C=O) groups is 1. The van der Waals surface area contributed by atoms with Gasteiger partial charge in [-0.05, 0) is 6.92 Å². The molecule has 2 heterocycles. The van der Waals surface area contributed by atoms with Crippen LogP contribution in [0, 0.1) is 6.92 Å². The lowest BCUT2D eigenvalue weighted by molar-refractivity contribution is -0.132. The number of amides is 1. The summed E-state index contributed by atoms with van der Waals surface area (Å²) in [6.45, 7) is 5.53. The molecule has 0 saturated carbocycles. The maximum Gasteiger partial charge on any atom is 0.236 e. The van der Waals surface area contributed by atoms with E-state index in [4.69, 9.17) is 9.47 Å². The van der Waals surface area contributed by atoms with E-state index in [0.29, 0.717) is 38.7 Å². The molecule has 2 rings (SSSR count). The fourth-order valence-corrected chi connectivity index (χ4v) is 2.49. The Kier molecular flexibility index (Phi) is 6.89. The Morgan fingerprint density at radius 2 is 2.29 bits per heavy atom. The van der Waals surface area contributed by atoms with Crippen LogP contribution in [-0.4, -0.2) is 86.3 Å². The first-order valence-corrected chi connectivity index (χ1v) is 8.12. The van der Waals surface area contributed by atoms with Crippen LogP contribution in [0.4, 0.5) is 5.82 Å². The largest absolute Gasteiger partial charge is 0.383 e. The summed E-state index contributed by atoms with van der Waals surface area (Å²) < 4.78 is 10.9. The Morgan fingerprint density at radius 3 is 3.00 bits per heavy atom. The number of morpholine rings is 1. The van der Waals surface area contributed by atoms with Gasteiger partial charge in [0.25, 0.3) is 0 Å². The number of carbonyl (C=O) groups excluding carboxylic acids is 1. The lowest BCUT2D eigenvalue weighted by Gasteiger charge is -2.32. The highest BCUT2D eigenvalue weighted by Gasteiger charge is 2.25. The molecule has 1 aliphatic heterocycles. The molecule has 0 bridgehead atoms. The van der Waals surface area contributed by atoms with Crippen LogP contribution in [0.25, 0.3) is 0 Å². The van der Waals surface area contributed by atoms with Crippen LogP contribution in [0.1, 0.15) is 17.6 Å². The molecule has 134 valence electrons. The highest BCUT2D eigenvalue weighted by Crippen LogP contribution is 2.22. The van der Waals surface area contributed by atoms with Crippen molar-refractivity contribution < 1.29 is 14.3 Å². The molecule has 1 saturated heterocycles. The number of ether oxygens (including phenoxy) is 2. The zero-order valence-electron chi connectivity index (χ0n) is 14.9. The topological polar surface area (TPSA) is 79.8 Å². The van der Waals surface area contributed by atoms with Crippen molar-refractivity contribution in [2.45, 2.75) is 13.0 Å². The lowest BCUT2D eigenvalue weighted by Crippen LogP contribution is -2.44. The van der Waals surface area contributed by atoms with Gasteiger partial charge in [0, 0.05) is 46.9 Å². The SMILES string of the molecule is COCCNc1cc([C@H]2CN(CC(=O)N(C)C)CCO2)nc(C)n1. The average molecular weight is 337 g/mol. The van der Waals surface area contributed by atoms with Gasteiger partial charge in [0.1, 0.15) is 17.7 Å². The van der Waals surface area contributed by atoms with Gasteiger partial charge in [-0.25, -0.2) is 9.97 Å². The molecular weight excluding hydrogens is 310 g/mol. The first-order valence-electron chi connectivity index (χ1n) is 8.12. The molecule has 1 N–H and O–H groups in total. The van der Waals surface area contributed by atoms with Crippen LogP contribution in [-0.2, 0) is 14.3 Å². The monoisotopic (exact) mass is 337 g/mol. The van der Waals surface area contributed by atoms with Gasteiger partial charge in [-0.1, -0.05) is 0 Å². The predicted octanol–water partition coefficient (Wildman–Crippen LogP) is 0.305. The molecule has 1 amide bonds. The van der Waals surface area contributed by atoms with Crippen molar-refractivity contribution in [3.63, 3.8) is 0 Å². The van der Waals surface area contributed by atoms with Crippen LogP contribution in [0.3, 0.4) is 0 Å². The standard InChI is InChI=1S/C16H27N5O3/c1-12-18-13(9-15(19-12)17-5-7-23-4)14-10-21(6-8-24-14)11-16(22)20(2)3/h9,14H,5-8,10-11H2,1-4H3,(H,17,18,19)/t14-/m1/s1. The number of aryl methyl sites for hydroxylation is 1. The van der Waals surface area contributed by atoms with Crippen molar-refractivity contribution in [3.8, 4) is 0 Å². The number of nitrogens with zero attached hydrogens (tertiary/aromatic N) is 4. The van der Waals surface area contributed by atoms with E-state index in [1.54, 1.807) is 26.1 Å². The van der Waals surface area contributed by atoms with Crippen molar-refractivity contribution in [1.29, 1.82) is 0 Å². The second-order valence-electron chi connectivity index (χ2n) is 6.03. The Morgan fingerprint density at radius 1 is 1.50 bits per heavy atom. The van der Waals surface area contributed by atoms with Crippen LogP contribution in [0.5, 0.6) is 0 Å². The van der Waals surface area contributed by atoms with E-state index in [2.05, 4.69) is 20.2 Å². The highest BCUT2D eigenvalue weighted by atomic mass is 16.5. The van der Waals surface area contributed by atoms with Gasteiger partial charge in [0.05, 0.1) is 25.5 Å². The molecule has 0 aromatic carbocycles. The van der Waals surface area contributed by atoms with Gasteiger partial charge < -0.3 is 19.7 Å². The van der Waals surface area contributed by atoms with E-state index in [1.807, 2.05) is 13.0 Å². The summed E-state index contributed by atoms with van der Waals surface area (Å²) in [5.41, 5.74) is 0.837. The van der Waals surface area contributed by atoms with Crippen LogP contribution in [0.2, 0.25) is 0 Å². The third-order valence-corrected chi connectivity index (χ3v) is 3.81. The first kappa shape index (κ1) is 18.6. The van der Waals surface area contributed by atoms with E-state index in [1.165, 1.54) is 0 Å². The van der Waals surface area contributed by atoms with Gasteiger partial charge in [-0.2, -0.15) is 0 Å². The third-order valence-electron chi connectivity index (χ3n) is 3.81. The summed E-state index contributed by atoms with van der Waals surface area (Å²) in [5.74, 6) is 1.55. The summed E-state index contributed by atoms with van der Waals surface area (Å²) in [5, 5.41) is 3.22. The minimum atomic E-state index is -0.154. The zero-order valence-corrected chi connectivity index (χ0v) is 14.9. The van der Waals surface area contributed by atoms with Gasteiger partial charge in [0.15, 0.2) is 0 Å². The molecule has 1 atom stereocenters. The maximum atomic E-state index is 11.9. The molecule has 1 fully saturated rings. The van der Waals surface area contributed by atoms with Crippen LogP contribution < -0.4 is 5.32 Å². The number of hydrogen-bond donors (Lipinski definition) is 1.